The number of nitriles is 1. The van der Waals surface area contributed by atoms with Crippen molar-refractivity contribution in [2.75, 3.05) is 17.2 Å². The molecule has 1 aliphatic rings. The van der Waals surface area contributed by atoms with Gasteiger partial charge >= 0.3 is 0 Å². The van der Waals surface area contributed by atoms with Gasteiger partial charge in [-0.1, -0.05) is 30.0 Å². The van der Waals surface area contributed by atoms with Crippen LogP contribution in [0.15, 0.2) is 36.5 Å². The summed E-state index contributed by atoms with van der Waals surface area (Å²) in [5, 5.41) is 13.7. The summed E-state index contributed by atoms with van der Waals surface area (Å²) in [5.74, 6) is 1.17. The number of amides is 1. The van der Waals surface area contributed by atoms with Crippen LogP contribution in [0.25, 0.3) is 5.69 Å². The van der Waals surface area contributed by atoms with Gasteiger partial charge in [0.05, 0.1) is 11.9 Å². The summed E-state index contributed by atoms with van der Waals surface area (Å²) in [6, 6.07) is 11.5. The Morgan fingerprint density at radius 2 is 2.17 bits per heavy atom. The molecular formula is C17H16N4O2S. The molecular weight excluding hydrogens is 324 g/mol. The van der Waals surface area contributed by atoms with Gasteiger partial charge in [-0.3, -0.25) is 14.5 Å². The highest BCUT2D eigenvalue weighted by Crippen LogP contribution is 2.31. The summed E-state index contributed by atoms with van der Waals surface area (Å²) in [6.07, 6.45) is 1.86. The molecule has 24 heavy (non-hydrogen) atoms. The highest BCUT2D eigenvalue weighted by molar-refractivity contribution is 8.13. The zero-order valence-electron chi connectivity index (χ0n) is 13.2. The van der Waals surface area contributed by atoms with Crippen LogP contribution in [0.1, 0.15) is 18.9 Å². The number of rotatable bonds is 4. The molecule has 1 unspecified atom stereocenters. The third-order valence-electron chi connectivity index (χ3n) is 3.85. The maximum Gasteiger partial charge on any atom is 0.228 e. The van der Waals surface area contributed by atoms with E-state index in [-0.39, 0.29) is 16.9 Å². The molecule has 6 nitrogen and oxygen atoms in total. The van der Waals surface area contributed by atoms with Crippen molar-refractivity contribution >= 4 is 28.6 Å². The van der Waals surface area contributed by atoms with E-state index in [9.17, 15) is 14.9 Å². The molecule has 3 rings (SSSR count). The van der Waals surface area contributed by atoms with Gasteiger partial charge < -0.3 is 0 Å². The van der Waals surface area contributed by atoms with Crippen molar-refractivity contribution in [3.8, 4) is 11.8 Å². The predicted molar refractivity (Wildman–Crippen MR) is 91.9 cm³/mol. The quantitative estimate of drug-likeness (QED) is 0.854. The van der Waals surface area contributed by atoms with Gasteiger partial charge in [-0.25, -0.2) is 4.68 Å². The van der Waals surface area contributed by atoms with Crippen molar-refractivity contribution in [3.63, 3.8) is 0 Å². The van der Waals surface area contributed by atoms with Gasteiger partial charge in [0.15, 0.2) is 10.9 Å². The molecule has 7 heteroatoms. The second-order valence-electron chi connectivity index (χ2n) is 5.62. The molecule has 2 heterocycles. The Labute approximate surface area is 144 Å². The molecule has 1 atom stereocenters. The molecule has 1 saturated heterocycles. The van der Waals surface area contributed by atoms with Crippen molar-refractivity contribution in [2.24, 2.45) is 5.92 Å². The smallest absolute Gasteiger partial charge is 0.228 e. The lowest BCUT2D eigenvalue weighted by atomic mass is 10.1. The van der Waals surface area contributed by atoms with E-state index in [0.717, 1.165) is 5.69 Å². The molecule has 0 radical (unpaired) electrons. The average molecular weight is 340 g/mol. The number of hydrogen-bond donors (Lipinski definition) is 0. The molecule has 1 aliphatic heterocycles. The second kappa shape index (κ2) is 6.89. The maximum absolute atomic E-state index is 12.5. The van der Waals surface area contributed by atoms with E-state index in [2.05, 4.69) is 11.2 Å². The molecule has 1 aromatic heterocycles. The maximum atomic E-state index is 12.5. The average Bonchev–Trinajstić information content (AvgIpc) is 3.16. The van der Waals surface area contributed by atoms with E-state index in [1.165, 1.54) is 24.9 Å². The van der Waals surface area contributed by atoms with Crippen molar-refractivity contribution < 1.29 is 9.59 Å². The first kappa shape index (κ1) is 16.3. The van der Waals surface area contributed by atoms with E-state index in [1.807, 2.05) is 30.3 Å². The Morgan fingerprint density at radius 1 is 1.42 bits per heavy atom. The van der Waals surface area contributed by atoms with Crippen molar-refractivity contribution in [2.45, 2.75) is 13.3 Å². The number of hydrogen-bond acceptors (Lipinski definition) is 5. The van der Waals surface area contributed by atoms with Crippen LogP contribution in [0.4, 0.5) is 5.82 Å². The van der Waals surface area contributed by atoms with Crippen molar-refractivity contribution in [3.05, 3.63) is 42.1 Å². The Balaban J connectivity index is 1.92. The van der Waals surface area contributed by atoms with Crippen LogP contribution >= 0.6 is 11.8 Å². The molecule has 0 saturated carbocycles. The molecule has 0 N–H and O–H groups in total. The summed E-state index contributed by atoms with van der Waals surface area (Å²) < 4.78 is 1.62. The van der Waals surface area contributed by atoms with Gasteiger partial charge in [0.1, 0.15) is 11.6 Å². The van der Waals surface area contributed by atoms with Crippen LogP contribution in [0.3, 0.4) is 0 Å². The summed E-state index contributed by atoms with van der Waals surface area (Å²) in [4.78, 5) is 25.2. The Morgan fingerprint density at radius 3 is 2.83 bits per heavy atom. The second-order valence-corrected chi connectivity index (χ2v) is 6.82. The van der Waals surface area contributed by atoms with Gasteiger partial charge in [-0.15, -0.1) is 0 Å². The summed E-state index contributed by atoms with van der Waals surface area (Å²) >= 11 is 1.24. The number of aromatic nitrogens is 2. The topological polar surface area (TPSA) is 79.0 Å². The number of thioether (sulfide) groups is 1. The third kappa shape index (κ3) is 3.19. The summed E-state index contributed by atoms with van der Waals surface area (Å²) in [6.45, 7) is 2.02. The van der Waals surface area contributed by atoms with Crippen LogP contribution in [-0.2, 0) is 9.59 Å². The lowest BCUT2D eigenvalue weighted by molar-refractivity contribution is -0.117. The molecule has 0 spiro atoms. The predicted octanol–water partition coefficient (Wildman–Crippen LogP) is 2.38. The van der Waals surface area contributed by atoms with E-state index in [0.29, 0.717) is 30.1 Å². The van der Waals surface area contributed by atoms with Crippen LogP contribution in [-0.4, -0.2) is 33.1 Å². The Bertz CT molecular complexity index is 810. The first-order chi connectivity index (χ1) is 11.6. The number of nitrogens with zero attached hydrogens (tertiary/aromatic N) is 4. The van der Waals surface area contributed by atoms with Gasteiger partial charge in [0.25, 0.3) is 0 Å². The highest BCUT2D eigenvalue weighted by Gasteiger charge is 2.34. The number of para-hydroxylation sites is 1. The number of benzene rings is 1. The normalized spacial score (nSPS) is 17.1. The minimum atomic E-state index is -0.0432. The lowest BCUT2D eigenvalue weighted by Gasteiger charge is -2.18. The lowest BCUT2D eigenvalue weighted by Crippen LogP contribution is -2.28. The fraction of sp³-hybridized carbons (Fsp3) is 0.294. The third-order valence-corrected chi connectivity index (χ3v) is 4.89. The number of anilines is 1. The first-order valence-corrected chi connectivity index (χ1v) is 8.56. The minimum absolute atomic E-state index is 0.0432. The van der Waals surface area contributed by atoms with E-state index >= 15 is 0 Å². The van der Waals surface area contributed by atoms with E-state index < -0.39 is 0 Å². The van der Waals surface area contributed by atoms with Gasteiger partial charge in [-0.05, 0) is 18.1 Å². The molecule has 1 amide bonds. The van der Waals surface area contributed by atoms with Crippen LogP contribution in [0.5, 0.6) is 0 Å². The highest BCUT2D eigenvalue weighted by atomic mass is 32.2. The van der Waals surface area contributed by atoms with Gasteiger partial charge in [0, 0.05) is 25.6 Å². The summed E-state index contributed by atoms with van der Waals surface area (Å²) in [7, 11) is 0. The van der Waals surface area contributed by atoms with Gasteiger partial charge in [-0.2, -0.15) is 10.4 Å². The number of carbonyl (C=O) groups excluding carboxylic acids is 2. The van der Waals surface area contributed by atoms with Crippen LogP contribution < -0.4 is 4.90 Å². The fourth-order valence-electron chi connectivity index (χ4n) is 2.77. The first-order valence-electron chi connectivity index (χ1n) is 7.57. The van der Waals surface area contributed by atoms with E-state index in [1.54, 1.807) is 9.58 Å². The Kier molecular flexibility index (Phi) is 4.67. The van der Waals surface area contributed by atoms with Gasteiger partial charge in [0.2, 0.25) is 5.91 Å². The molecule has 1 aromatic carbocycles. The molecule has 0 aliphatic carbocycles. The minimum Gasteiger partial charge on any atom is -0.295 e. The summed E-state index contributed by atoms with van der Waals surface area (Å²) in [5.41, 5.74) is 1.16. The zero-order chi connectivity index (χ0) is 17.1. The molecule has 122 valence electrons. The van der Waals surface area contributed by atoms with Crippen LogP contribution in [0.2, 0.25) is 0 Å². The molecule has 2 aromatic rings. The molecule has 1 fully saturated rings. The van der Waals surface area contributed by atoms with Crippen molar-refractivity contribution in [1.82, 2.24) is 9.78 Å². The Hall–Kier alpha value is -2.59. The van der Waals surface area contributed by atoms with E-state index in [4.69, 9.17) is 0 Å². The monoisotopic (exact) mass is 340 g/mol. The largest absolute Gasteiger partial charge is 0.295 e. The standard InChI is InChI=1S/C17H16N4O2S/c1-12(22)24-11-13-7-16(23)20(10-13)17-14(8-18)9-19-21(17)15-5-3-2-4-6-15/h2-6,9,13H,7,10-11H2,1H3. The fourth-order valence-corrected chi connectivity index (χ4v) is 3.47. The zero-order valence-corrected chi connectivity index (χ0v) is 14.0. The SMILES string of the molecule is CC(=O)SCC1CC(=O)N(c2c(C#N)cnn2-c2ccccc2)C1. The van der Waals surface area contributed by atoms with Crippen molar-refractivity contribution in [1.29, 1.82) is 5.26 Å². The molecule has 0 bridgehead atoms. The number of carbonyl (C=O) groups is 2. The van der Waals surface area contributed by atoms with Crippen LogP contribution in [0, 0.1) is 17.2 Å².